The summed E-state index contributed by atoms with van der Waals surface area (Å²) in [7, 11) is 1.36. The summed E-state index contributed by atoms with van der Waals surface area (Å²) in [5, 5.41) is 10.7. The van der Waals surface area contributed by atoms with Crippen LogP contribution in [0.3, 0.4) is 0 Å². The molecule has 0 saturated carbocycles. The summed E-state index contributed by atoms with van der Waals surface area (Å²) in [5.41, 5.74) is 4.51. The summed E-state index contributed by atoms with van der Waals surface area (Å²) < 4.78 is 4.86. The fraction of sp³-hybridized carbons (Fsp3) is 0.281. The molecule has 0 fully saturated rings. The molecule has 0 unspecified atom stereocenters. The van der Waals surface area contributed by atoms with E-state index < -0.39 is 5.97 Å². The minimum absolute atomic E-state index is 0.0157. The Hall–Kier alpha value is -4.03. The van der Waals surface area contributed by atoms with Gasteiger partial charge in [0.05, 0.1) is 19.2 Å². The van der Waals surface area contributed by atoms with Gasteiger partial charge < -0.3 is 9.84 Å². The topological polar surface area (TPSA) is 79.7 Å². The number of ether oxygens (including phenoxy) is 1. The Bertz CT molecular complexity index is 1420. The van der Waals surface area contributed by atoms with Gasteiger partial charge in [-0.2, -0.15) is 0 Å². The van der Waals surface area contributed by atoms with E-state index in [0.717, 1.165) is 33.0 Å². The smallest absolute Gasteiger partial charge is 0.337 e. The van der Waals surface area contributed by atoms with E-state index in [2.05, 4.69) is 29.2 Å². The van der Waals surface area contributed by atoms with Gasteiger partial charge in [-0.25, -0.2) is 9.78 Å². The van der Waals surface area contributed by atoms with Crippen LogP contribution in [-0.2, 0) is 22.5 Å². The molecule has 3 aromatic carbocycles. The maximum Gasteiger partial charge on any atom is 0.337 e. The number of hydrogen-bond acceptors (Lipinski definition) is 5. The Kier molecular flexibility index (Phi) is 8.23. The second-order valence-corrected chi connectivity index (χ2v) is 10.6. The summed E-state index contributed by atoms with van der Waals surface area (Å²) >= 11 is 0. The highest BCUT2D eigenvalue weighted by Crippen LogP contribution is 2.30. The second kappa shape index (κ2) is 11.6. The van der Waals surface area contributed by atoms with Gasteiger partial charge in [-0.3, -0.25) is 9.69 Å². The molecule has 0 radical (unpaired) electrons. The summed E-state index contributed by atoms with van der Waals surface area (Å²) in [6.07, 6.45) is 2.67. The Labute approximate surface area is 223 Å². The van der Waals surface area contributed by atoms with Gasteiger partial charge >= 0.3 is 5.97 Å². The number of rotatable bonds is 8. The van der Waals surface area contributed by atoms with Gasteiger partial charge in [-0.05, 0) is 63.7 Å². The van der Waals surface area contributed by atoms with Gasteiger partial charge in [0.1, 0.15) is 5.82 Å². The third kappa shape index (κ3) is 6.45. The minimum Gasteiger partial charge on any atom is -0.465 e. The first-order chi connectivity index (χ1) is 18.2. The van der Waals surface area contributed by atoms with E-state index >= 15 is 0 Å². The molecular weight excluding hydrogens is 476 g/mol. The maximum atomic E-state index is 13.6. The van der Waals surface area contributed by atoms with Crippen molar-refractivity contribution in [2.75, 3.05) is 18.6 Å². The van der Waals surface area contributed by atoms with E-state index in [0.29, 0.717) is 30.8 Å². The van der Waals surface area contributed by atoms with E-state index in [9.17, 15) is 9.59 Å². The van der Waals surface area contributed by atoms with Gasteiger partial charge in [-0.1, -0.05) is 69.3 Å². The molecule has 1 heterocycles. The van der Waals surface area contributed by atoms with Crippen LogP contribution in [0.4, 0.5) is 5.82 Å². The van der Waals surface area contributed by atoms with Crippen LogP contribution >= 0.6 is 0 Å². The molecule has 0 aliphatic carbocycles. The normalized spacial score (nSPS) is 11.4. The van der Waals surface area contributed by atoms with Crippen LogP contribution in [0.1, 0.15) is 48.7 Å². The van der Waals surface area contributed by atoms with Crippen molar-refractivity contribution < 1.29 is 19.4 Å². The molecule has 38 heavy (non-hydrogen) atoms. The minimum atomic E-state index is -0.408. The molecule has 4 aromatic rings. The van der Waals surface area contributed by atoms with Crippen molar-refractivity contribution >= 4 is 28.5 Å². The number of methoxy groups -OCH3 is 1. The largest absolute Gasteiger partial charge is 0.465 e. The number of fused-ring (bicyclic) bond motifs is 1. The van der Waals surface area contributed by atoms with Gasteiger partial charge in [-0.15, -0.1) is 0 Å². The lowest BCUT2D eigenvalue weighted by Crippen LogP contribution is -2.34. The van der Waals surface area contributed by atoms with E-state index in [1.54, 1.807) is 23.2 Å². The zero-order chi connectivity index (χ0) is 27.3. The zero-order valence-electron chi connectivity index (χ0n) is 22.4. The molecule has 6 nitrogen and oxygen atoms in total. The van der Waals surface area contributed by atoms with Crippen molar-refractivity contribution in [2.24, 2.45) is 5.41 Å². The number of aliphatic hydroxyl groups is 1. The van der Waals surface area contributed by atoms with Gasteiger partial charge in [0.2, 0.25) is 5.91 Å². The SMILES string of the molecule is COC(=O)c1ccc2c(N(Cc3ccc(-c4ccc(CCO)cc4)cc3)C(=O)CC(C)(C)C)nccc2c1. The number of anilines is 1. The molecule has 1 amide bonds. The molecule has 1 aromatic heterocycles. The van der Waals surface area contributed by atoms with E-state index in [1.807, 2.05) is 57.2 Å². The third-order valence-electron chi connectivity index (χ3n) is 6.39. The van der Waals surface area contributed by atoms with E-state index in [4.69, 9.17) is 9.84 Å². The molecule has 0 aliphatic rings. The summed E-state index contributed by atoms with van der Waals surface area (Å²) in [5.74, 6) is 0.142. The van der Waals surface area contributed by atoms with Crippen LogP contribution in [0.15, 0.2) is 79.0 Å². The van der Waals surface area contributed by atoms with Gasteiger partial charge in [0, 0.05) is 24.6 Å². The monoisotopic (exact) mass is 510 g/mol. The Morgan fingerprint density at radius 1 is 0.895 bits per heavy atom. The van der Waals surface area contributed by atoms with Gasteiger partial charge in [0.25, 0.3) is 0 Å². The van der Waals surface area contributed by atoms with E-state index in [1.165, 1.54) is 7.11 Å². The molecule has 1 N–H and O–H groups in total. The van der Waals surface area contributed by atoms with Crippen LogP contribution in [-0.4, -0.2) is 35.7 Å². The van der Waals surface area contributed by atoms with Crippen LogP contribution in [0.25, 0.3) is 21.9 Å². The number of esters is 1. The van der Waals surface area contributed by atoms with Gasteiger partial charge in [0.15, 0.2) is 0 Å². The maximum absolute atomic E-state index is 13.6. The lowest BCUT2D eigenvalue weighted by atomic mass is 9.91. The summed E-state index contributed by atoms with van der Waals surface area (Å²) in [6.45, 7) is 6.64. The number of carbonyl (C=O) groups is 2. The Morgan fingerprint density at radius 3 is 2.11 bits per heavy atom. The van der Waals surface area contributed by atoms with Crippen LogP contribution in [0, 0.1) is 5.41 Å². The number of carbonyl (C=O) groups excluding carboxylic acids is 2. The number of benzene rings is 3. The van der Waals surface area contributed by atoms with Crippen molar-refractivity contribution in [1.82, 2.24) is 4.98 Å². The molecule has 196 valence electrons. The highest BCUT2D eigenvalue weighted by atomic mass is 16.5. The third-order valence-corrected chi connectivity index (χ3v) is 6.39. The summed E-state index contributed by atoms with van der Waals surface area (Å²) in [6, 6.07) is 23.5. The molecule has 0 saturated heterocycles. The van der Waals surface area contributed by atoms with E-state index in [-0.39, 0.29) is 17.9 Å². The fourth-order valence-corrected chi connectivity index (χ4v) is 4.43. The number of nitrogens with zero attached hydrogens (tertiary/aromatic N) is 2. The number of hydrogen-bond donors (Lipinski definition) is 1. The molecule has 0 bridgehead atoms. The Balaban J connectivity index is 1.66. The predicted molar refractivity (Wildman–Crippen MR) is 151 cm³/mol. The molecule has 6 heteroatoms. The second-order valence-electron chi connectivity index (χ2n) is 10.6. The Morgan fingerprint density at radius 2 is 1.53 bits per heavy atom. The highest BCUT2D eigenvalue weighted by molar-refractivity contribution is 6.04. The average Bonchev–Trinajstić information content (AvgIpc) is 2.90. The van der Waals surface area contributed by atoms with Crippen LogP contribution in [0.2, 0.25) is 0 Å². The molecule has 4 rings (SSSR count). The first-order valence-electron chi connectivity index (χ1n) is 12.7. The lowest BCUT2D eigenvalue weighted by Gasteiger charge is -2.27. The first kappa shape index (κ1) is 27.0. The van der Waals surface area contributed by atoms with Crippen molar-refractivity contribution in [3.8, 4) is 11.1 Å². The highest BCUT2D eigenvalue weighted by Gasteiger charge is 2.25. The predicted octanol–water partition coefficient (Wildman–Crippen LogP) is 6.19. The molecule has 0 spiro atoms. The number of aliphatic hydroxyl groups excluding tert-OH is 1. The zero-order valence-corrected chi connectivity index (χ0v) is 22.4. The summed E-state index contributed by atoms with van der Waals surface area (Å²) in [4.78, 5) is 32.0. The van der Waals surface area contributed by atoms with Crippen molar-refractivity contribution in [1.29, 1.82) is 0 Å². The average molecular weight is 511 g/mol. The standard InChI is InChI=1S/C32H34N2O4/c1-32(2,3)20-29(36)34(30-28-14-13-27(31(37)38-4)19-26(28)15-17-33-30)21-23-7-11-25(12-8-23)24-9-5-22(6-10-24)16-18-35/h5-15,17,19,35H,16,18,20-21H2,1-4H3. The number of pyridine rings is 1. The molecule has 0 aliphatic heterocycles. The first-order valence-corrected chi connectivity index (χ1v) is 12.7. The van der Waals surface area contributed by atoms with Crippen molar-refractivity contribution in [3.63, 3.8) is 0 Å². The fourth-order valence-electron chi connectivity index (χ4n) is 4.43. The van der Waals surface area contributed by atoms with Crippen LogP contribution < -0.4 is 4.90 Å². The number of aromatic nitrogens is 1. The molecular formula is C32H34N2O4. The quantitative estimate of drug-likeness (QED) is 0.286. The number of amides is 1. The molecule has 0 atom stereocenters. The van der Waals surface area contributed by atoms with Crippen molar-refractivity contribution in [2.45, 2.75) is 40.2 Å². The lowest BCUT2D eigenvalue weighted by molar-refractivity contribution is -0.120. The van der Waals surface area contributed by atoms with Crippen molar-refractivity contribution in [3.05, 3.63) is 95.7 Å². The van der Waals surface area contributed by atoms with Crippen LogP contribution in [0.5, 0.6) is 0 Å².